The Morgan fingerprint density at radius 2 is 1.77 bits per heavy atom. The molecule has 1 aromatic carbocycles. The Hall–Kier alpha value is -2.40. The number of benzene rings is 1. The molecule has 0 aliphatic heterocycles. The van der Waals surface area contributed by atoms with Crippen LogP contribution in [0.3, 0.4) is 0 Å². The van der Waals surface area contributed by atoms with Gasteiger partial charge in [-0.05, 0) is 38.1 Å². The van der Waals surface area contributed by atoms with Crippen molar-refractivity contribution >= 4 is 11.0 Å². The van der Waals surface area contributed by atoms with Crippen LogP contribution in [0.1, 0.15) is 30.7 Å². The highest BCUT2D eigenvalue weighted by Crippen LogP contribution is 2.21. The van der Waals surface area contributed by atoms with Gasteiger partial charge in [0, 0.05) is 25.3 Å². The van der Waals surface area contributed by atoms with Crippen molar-refractivity contribution in [2.45, 2.75) is 40.8 Å². The van der Waals surface area contributed by atoms with Gasteiger partial charge in [-0.15, -0.1) is 0 Å². The maximum atomic E-state index is 8.72. The van der Waals surface area contributed by atoms with Crippen molar-refractivity contribution < 1.29 is 0 Å². The normalized spacial score (nSPS) is 11.6. The van der Waals surface area contributed by atoms with Crippen molar-refractivity contribution in [2.24, 2.45) is 0 Å². The summed E-state index contributed by atoms with van der Waals surface area (Å²) in [6, 6.07) is 10.4. The molecule has 0 radical (unpaired) electrons. The molecule has 0 saturated heterocycles. The Morgan fingerprint density at radius 1 is 1.08 bits per heavy atom. The highest BCUT2D eigenvalue weighted by Gasteiger charge is 2.15. The standard InChI is InChI=1S/C21H29N5/c1-5-24(6-2)12-13-25-15-23-21-19(20(25)22)16(3)17(4)26(21)14-18-10-8-7-9-11-18/h7-11,15,22H,5-6,12-14H2,1-4H3. The van der Waals surface area contributed by atoms with Gasteiger partial charge in [0.1, 0.15) is 11.1 Å². The third kappa shape index (κ3) is 3.44. The maximum absolute atomic E-state index is 8.72. The van der Waals surface area contributed by atoms with Gasteiger partial charge in [-0.25, -0.2) is 4.98 Å². The van der Waals surface area contributed by atoms with E-state index in [0.717, 1.165) is 49.3 Å². The molecule has 138 valence electrons. The lowest BCUT2D eigenvalue weighted by Crippen LogP contribution is -2.31. The summed E-state index contributed by atoms with van der Waals surface area (Å²) >= 11 is 0. The summed E-state index contributed by atoms with van der Waals surface area (Å²) < 4.78 is 4.20. The van der Waals surface area contributed by atoms with Gasteiger partial charge in [0.15, 0.2) is 0 Å². The maximum Gasteiger partial charge on any atom is 0.146 e. The first-order chi connectivity index (χ1) is 12.6. The lowest BCUT2D eigenvalue weighted by molar-refractivity contribution is 0.288. The molecule has 0 aliphatic rings. The van der Waals surface area contributed by atoms with Gasteiger partial charge in [-0.1, -0.05) is 44.2 Å². The summed E-state index contributed by atoms with van der Waals surface area (Å²) in [6.45, 7) is 13.2. The Bertz CT molecular complexity index is 932. The zero-order chi connectivity index (χ0) is 18.7. The predicted molar refractivity (Wildman–Crippen MR) is 106 cm³/mol. The Labute approximate surface area is 155 Å². The first-order valence-electron chi connectivity index (χ1n) is 9.42. The average Bonchev–Trinajstić information content (AvgIpc) is 2.90. The highest BCUT2D eigenvalue weighted by molar-refractivity contribution is 5.80. The van der Waals surface area contributed by atoms with Gasteiger partial charge in [0.2, 0.25) is 0 Å². The number of nitrogens with one attached hydrogen (secondary N) is 1. The van der Waals surface area contributed by atoms with Crippen LogP contribution in [0.5, 0.6) is 0 Å². The Kier molecular flexibility index (Phi) is 5.57. The molecule has 0 aliphatic carbocycles. The monoisotopic (exact) mass is 351 g/mol. The molecule has 2 heterocycles. The lowest BCUT2D eigenvalue weighted by atomic mass is 10.2. The van der Waals surface area contributed by atoms with Crippen LogP contribution in [0.15, 0.2) is 36.7 Å². The zero-order valence-corrected chi connectivity index (χ0v) is 16.3. The van der Waals surface area contributed by atoms with Crippen molar-refractivity contribution in [1.82, 2.24) is 19.0 Å². The molecule has 2 aromatic heterocycles. The first kappa shape index (κ1) is 18.4. The number of hydrogen-bond donors (Lipinski definition) is 1. The third-order valence-electron chi connectivity index (χ3n) is 5.38. The Morgan fingerprint density at radius 3 is 2.42 bits per heavy atom. The smallest absolute Gasteiger partial charge is 0.146 e. The molecular weight excluding hydrogens is 322 g/mol. The van der Waals surface area contributed by atoms with Gasteiger partial charge in [-0.3, -0.25) is 5.41 Å². The van der Waals surface area contributed by atoms with Crippen LogP contribution in [-0.4, -0.2) is 38.7 Å². The van der Waals surface area contributed by atoms with Crippen molar-refractivity contribution in [3.8, 4) is 0 Å². The number of likely N-dealkylation sites (N-methyl/N-ethyl adjacent to an activating group) is 1. The molecule has 5 nitrogen and oxygen atoms in total. The summed E-state index contributed by atoms with van der Waals surface area (Å²) in [6.07, 6.45) is 1.83. The minimum absolute atomic E-state index is 0.564. The largest absolute Gasteiger partial charge is 0.325 e. The molecule has 0 unspecified atom stereocenters. The average molecular weight is 351 g/mol. The lowest BCUT2D eigenvalue weighted by Gasteiger charge is -2.18. The highest BCUT2D eigenvalue weighted by atomic mass is 15.2. The number of fused-ring (bicyclic) bond motifs is 1. The van der Waals surface area contributed by atoms with E-state index in [-0.39, 0.29) is 0 Å². The summed E-state index contributed by atoms with van der Waals surface area (Å²) in [5, 5.41) is 9.69. The van der Waals surface area contributed by atoms with Crippen molar-refractivity contribution in [2.75, 3.05) is 19.6 Å². The second-order valence-electron chi connectivity index (χ2n) is 6.79. The van der Waals surface area contributed by atoms with Crippen LogP contribution in [-0.2, 0) is 13.1 Å². The zero-order valence-electron chi connectivity index (χ0n) is 16.3. The quantitative estimate of drug-likeness (QED) is 0.710. The van der Waals surface area contributed by atoms with Crippen LogP contribution >= 0.6 is 0 Å². The van der Waals surface area contributed by atoms with E-state index in [1.165, 1.54) is 11.3 Å². The van der Waals surface area contributed by atoms with E-state index in [0.29, 0.717) is 5.49 Å². The molecule has 3 rings (SSSR count). The fourth-order valence-corrected chi connectivity index (χ4v) is 3.51. The molecule has 0 bridgehead atoms. The fraction of sp³-hybridized carbons (Fsp3) is 0.429. The van der Waals surface area contributed by atoms with E-state index < -0.39 is 0 Å². The van der Waals surface area contributed by atoms with Crippen LogP contribution in [0, 0.1) is 19.3 Å². The van der Waals surface area contributed by atoms with Crippen molar-refractivity contribution in [3.05, 3.63) is 59.0 Å². The SMILES string of the molecule is CCN(CC)CCn1cnc2c(c(C)c(C)n2Cc2ccccc2)c1=N. The third-order valence-corrected chi connectivity index (χ3v) is 5.38. The molecule has 5 heteroatoms. The van der Waals surface area contributed by atoms with Crippen LogP contribution < -0.4 is 5.49 Å². The van der Waals surface area contributed by atoms with Gasteiger partial charge >= 0.3 is 0 Å². The van der Waals surface area contributed by atoms with Crippen LogP contribution in [0.2, 0.25) is 0 Å². The van der Waals surface area contributed by atoms with E-state index in [4.69, 9.17) is 10.4 Å². The number of aryl methyl sites for hydroxylation is 1. The van der Waals surface area contributed by atoms with Crippen LogP contribution in [0.4, 0.5) is 0 Å². The van der Waals surface area contributed by atoms with E-state index >= 15 is 0 Å². The summed E-state index contributed by atoms with van der Waals surface area (Å²) in [7, 11) is 0. The van der Waals surface area contributed by atoms with E-state index in [1.807, 2.05) is 17.0 Å². The van der Waals surface area contributed by atoms with Crippen molar-refractivity contribution in [1.29, 1.82) is 5.41 Å². The van der Waals surface area contributed by atoms with E-state index in [2.05, 4.69) is 61.4 Å². The van der Waals surface area contributed by atoms with Crippen molar-refractivity contribution in [3.63, 3.8) is 0 Å². The fourth-order valence-electron chi connectivity index (χ4n) is 3.51. The van der Waals surface area contributed by atoms with Gasteiger partial charge in [0.25, 0.3) is 0 Å². The molecule has 0 fully saturated rings. The summed E-state index contributed by atoms with van der Waals surface area (Å²) in [5.41, 5.74) is 5.07. The van der Waals surface area contributed by atoms with Crippen LogP contribution in [0.25, 0.3) is 11.0 Å². The minimum atomic E-state index is 0.564. The second kappa shape index (κ2) is 7.87. The molecule has 1 N–H and O–H groups in total. The Balaban J connectivity index is 1.99. The molecule has 3 aromatic rings. The molecule has 26 heavy (non-hydrogen) atoms. The number of nitrogens with zero attached hydrogens (tertiary/aromatic N) is 4. The summed E-state index contributed by atoms with van der Waals surface area (Å²) in [5.74, 6) is 0. The predicted octanol–water partition coefficient (Wildman–Crippen LogP) is 3.32. The molecule has 0 amide bonds. The first-order valence-corrected chi connectivity index (χ1v) is 9.42. The molecule has 0 saturated carbocycles. The topological polar surface area (TPSA) is 49.8 Å². The molecule has 0 atom stereocenters. The second-order valence-corrected chi connectivity index (χ2v) is 6.79. The molecular formula is C21H29N5. The summed E-state index contributed by atoms with van der Waals surface area (Å²) in [4.78, 5) is 7.11. The van der Waals surface area contributed by atoms with Gasteiger partial charge in [-0.2, -0.15) is 0 Å². The number of aromatic nitrogens is 3. The van der Waals surface area contributed by atoms with E-state index in [1.54, 1.807) is 0 Å². The number of rotatable bonds is 7. The van der Waals surface area contributed by atoms with Gasteiger partial charge in [0.05, 0.1) is 11.7 Å². The number of hydrogen-bond acceptors (Lipinski definition) is 3. The van der Waals surface area contributed by atoms with E-state index in [9.17, 15) is 0 Å². The van der Waals surface area contributed by atoms with Gasteiger partial charge < -0.3 is 14.0 Å². The minimum Gasteiger partial charge on any atom is -0.325 e. The molecule has 0 spiro atoms.